The summed E-state index contributed by atoms with van der Waals surface area (Å²) in [6.45, 7) is 2.33. The van der Waals surface area contributed by atoms with E-state index in [0.717, 1.165) is 16.9 Å². The van der Waals surface area contributed by atoms with Crippen LogP contribution < -0.4 is 5.32 Å². The first kappa shape index (κ1) is 13.9. The third-order valence-corrected chi connectivity index (χ3v) is 3.21. The Morgan fingerprint density at radius 2 is 1.95 bits per heavy atom. The lowest BCUT2D eigenvalue weighted by Gasteiger charge is -2.04. The molecule has 0 bridgehead atoms. The summed E-state index contributed by atoms with van der Waals surface area (Å²) in [5.74, 6) is -0.183. The van der Waals surface area contributed by atoms with Gasteiger partial charge in [-0.2, -0.15) is 0 Å². The first-order valence-corrected chi connectivity index (χ1v) is 6.90. The third kappa shape index (κ3) is 3.01. The molecule has 0 fully saturated rings. The molecule has 6 nitrogen and oxygen atoms in total. The fraction of sp³-hybridized carbons (Fsp3) is 0.125. The monoisotopic (exact) mass is 293 g/mol. The lowest BCUT2D eigenvalue weighted by molar-refractivity contribution is 0.0940. The Morgan fingerprint density at radius 1 is 1.14 bits per heavy atom. The van der Waals surface area contributed by atoms with Gasteiger partial charge in [0.2, 0.25) is 5.82 Å². The van der Waals surface area contributed by atoms with Crippen LogP contribution in [0.4, 0.5) is 0 Å². The quantitative estimate of drug-likeness (QED) is 0.797. The van der Waals surface area contributed by atoms with Crippen LogP contribution in [0.15, 0.2) is 55.0 Å². The Kier molecular flexibility index (Phi) is 3.91. The Morgan fingerprint density at radius 3 is 2.73 bits per heavy atom. The van der Waals surface area contributed by atoms with Gasteiger partial charge in [-0.25, -0.2) is 9.67 Å². The minimum Gasteiger partial charge on any atom is -0.344 e. The highest BCUT2D eigenvalue weighted by Gasteiger charge is 2.12. The highest BCUT2D eigenvalue weighted by molar-refractivity contribution is 5.90. The Balaban J connectivity index is 1.71. The fourth-order valence-electron chi connectivity index (χ4n) is 2.06. The number of nitrogens with one attached hydrogen (secondary N) is 1. The van der Waals surface area contributed by atoms with Crippen LogP contribution in [0.2, 0.25) is 0 Å². The van der Waals surface area contributed by atoms with E-state index in [0.29, 0.717) is 6.54 Å². The number of rotatable bonds is 4. The van der Waals surface area contributed by atoms with Gasteiger partial charge in [-0.05, 0) is 30.7 Å². The van der Waals surface area contributed by atoms with E-state index in [2.05, 4.69) is 20.4 Å². The summed E-state index contributed by atoms with van der Waals surface area (Å²) in [4.78, 5) is 20.3. The van der Waals surface area contributed by atoms with Crippen LogP contribution in [-0.2, 0) is 6.54 Å². The summed E-state index contributed by atoms with van der Waals surface area (Å²) in [5, 5.41) is 6.98. The van der Waals surface area contributed by atoms with Crippen LogP contribution >= 0.6 is 0 Å². The molecule has 0 unspecified atom stereocenters. The van der Waals surface area contributed by atoms with Gasteiger partial charge in [0.15, 0.2) is 0 Å². The van der Waals surface area contributed by atoms with Crippen molar-refractivity contribution < 1.29 is 4.79 Å². The number of carbonyl (C=O) groups excluding carboxylic acids is 1. The van der Waals surface area contributed by atoms with E-state index in [1.165, 1.54) is 6.33 Å². The molecule has 3 aromatic rings. The van der Waals surface area contributed by atoms with Crippen molar-refractivity contribution in [3.05, 3.63) is 72.1 Å². The zero-order chi connectivity index (χ0) is 15.4. The predicted molar refractivity (Wildman–Crippen MR) is 81.5 cm³/mol. The Labute approximate surface area is 127 Å². The second-order valence-electron chi connectivity index (χ2n) is 4.80. The van der Waals surface area contributed by atoms with Gasteiger partial charge in [0.05, 0.1) is 17.9 Å². The number of para-hydroxylation sites is 1. The van der Waals surface area contributed by atoms with Crippen LogP contribution in [0, 0.1) is 6.92 Å². The molecule has 0 saturated carbocycles. The number of aromatic nitrogens is 4. The van der Waals surface area contributed by atoms with Crippen molar-refractivity contribution >= 4 is 5.91 Å². The third-order valence-electron chi connectivity index (χ3n) is 3.21. The molecule has 0 aliphatic rings. The van der Waals surface area contributed by atoms with Crippen LogP contribution in [0.25, 0.3) is 5.69 Å². The number of carbonyl (C=O) groups is 1. The lowest BCUT2D eigenvalue weighted by atomic mass is 10.2. The van der Waals surface area contributed by atoms with Crippen molar-refractivity contribution in [1.29, 1.82) is 0 Å². The summed E-state index contributed by atoms with van der Waals surface area (Å²) in [6, 6.07) is 13.3. The molecule has 2 aromatic heterocycles. The van der Waals surface area contributed by atoms with Gasteiger partial charge in [0.1, 0.15) is 6.33 Å². The SMILES string of the molecule is Cc1ccccc1-n1cnc(C(=O)NCc2ccccn2)n1. The van der Waals surface area contributed by atoms with Crippen LogP contribution in [0.3, 0.4) is 0 Å². The topological polar surface area (TPSA) is 72.7 Å². The van der Waals surface area contributed by atoms with Crippen molar-refractivity contribution in [3.8, 4) is 5.69 Å². The van der Waals surface area contributed by atoms with Gasteiger partial charge in [-0.3, -0.25) is 9.78 Å². The van der Waals surface area contributed by atoms with Crippen molar-refractivity contribution in [3.63, 3.8) is 0 Å². The maximum atomic E-state index is 12.1. The summed E-state index contributed by atoms with van der Waals surface area (Å²) in [7, 11) is 0. The van der Waals surface area contributed by atoms with E-state index in [4.69, 9.17) is 0 Å². The van der Waals surface area contributed by atoms with E-state index < -0.39 is 0 Å². The van der Waals surface area contributed by atoms with Crippen LogP contribution in [-0.4, -0.2) is 25.7 Å². The van der Waals surface area contributed by atoms with Gasteiger partial charge in [-0.15, -0.1) is 5.10 Å². The maximum absolute atomic E-state index is 12.1. The molecule has 1 aromatic carbocycles. The smallest absolute Gasteiger partial charge is 0.291 e. The molecular weight excluding hydrogens is 278 g/mol. The highest BCUT2D eigenvalue weighted by Crippen LogP contribution is 2.11. The molecule has 0 saturated heterocycles. The normalized spacial score (nSPS) is 10.4. The summed E-state index contributed by atoms with van der Waals surface area (Å²) in [5.41, 5.74) is 2.75. The fourth-order valence-corrected chi connectivity index (χ4v) is 2.06. The van der Waals surface area contributed by atoms with Crippen LogP contribution in [0.5, 0.6) is 0 Å². The first-order valence-electron chi connectivity index (χ1n) is 6.90. The molecule has 2 heterocycles. The van der Waals surface area contributed by atoms with E-state index in [1.54, 1.807) is 10.9 Å². The number of nitrogens with zero attached hydrogens (tertiary/aromatic N) is 4. The number of aryl methyl sites for hydroxylation is 1. The molecule has 0 aliphatic carbocycles. The van der Waals surface area contributed by atoms with Crippen molar-refractivity contribution in [2.45, 2.75) is 13.5 Å². The van der Waals surface area contributed by atoms with E-state index >= 15 is 0 Å². The summed E-state index contributed by atoms with van der Waals surface area (Å²) < 4.78 is 1.60. The Hall–Kier alpha value is -3.02. The molecule has 0 atom stereocenters. The molecule has 6 heteroatoms. The second-order valence-corrected chi connectivity index (χ2v) is 4.80. The molecule has 0 radical (unpaired) electrons. The lowest BCUT2D eigenvalue weighted by Crippen LogP contribution is -2.24. The number of benzene rings is 1. The molecule has 22 heavy (non-hydrogen) atoms. The molecule has 110 valence electrons. The van der Waals surface area contributed by atoms with Gasteiger partial charge in [-0.1, -0.05) is 24.3 Å². The summed E-state index contributed by atoms with van der Waals surface area (Å²) >= 11 is 0. The second kappa shape index (κ2) is 6.17. The predicted octanol–water partition coefficient (Wildman–Crippen LogP) is 1.90. The van der Waals surface area contributed by atoms with Gasteiger partial charge < -0.3 is 5.32 Å². The van der Waals surface area contributed by atoms with Gasteiger partial charge in [0, 0.05) is 6.20 Å². The van der Waals surface area contributed by atoms with Gasteiger partial charge in [0.25, 0.3) is 5.91 Å². The van der Waals surface area contributed by atoms with Gasteiger partial charge >= 0.3 is 0 Å². The standard InChI is InChI=1S/C16H15N5O/c1-12-6-2-3-8-14(12)21-11-19-15(20-21)16(22)18-10-13-7-4-5-9-17-13/h2-9,11H,10H2,1H3,(H,18,22). The maximum Gasteiger partial charge on any atom is 0.291 e. The van der Waals surface area contributed by atoms with E-state index in [9.17, 15) is 4.79 Å². The van der Waals surface area contributed by atoms with Crippen molar-refractivity contribution in [2.24, 2.45) is 0 Å². The van der Waals surface area contributed by atoms with Crippen LogP contribution in [0.1, 0.15) is 21.9 Å². The minimum atomic E-state index is -0.321. The number of hydrogen-bond acceptors (Lipinski definition) is 4. The first-order chi connectivity index (χ1) is 10.7. The van der Waals surface area contributed by atoms with Crippen molar-refractivity contribution in [1.82, 2.24) is 25.1 Å². The zero-order valence-electron chi connectivity index (χ0n) is 12.1. The van der Waals surface area contributed by atoms with Crippen molar-refractivity contribution in [2.75, 3.05) is 0 Å². The molecule has 3 rings (SSSR count). The summed E-state index contributed by atoms with van der Waals surface area (Å²) in [6.07, 6.45) is 3.23. The van der Waals surface area contributed by atoms with E-state index in [-0.39, 0.29) is 11.7 Å². The number of pyridine rings is 1. The molecule has 1 N–H and O–H groups in total. The molecule has 0 aliphatic heterocycles. The molecule has 1 amide bonds. The number of amides is 1. The average molecular weight is 293 g/mol. The highest BCUT2D eigenvalue weighted by atomic mass is 16.2. The minimum absolute atomic E-state index is 0.138. The largest absolute Gasteiger partial charge is 0.344 e. The number of hydrogen-bond donors (Lipinski definition) is 1. The van der Waals surface area contributed by atoms with E-state index in [1.807, 2.05) is 49.4 Å². The Bertz CT molecular complexity index is 782. The average Bonchev–Trinajstić information content (AvgIpc) is 3.04. The molecule has 0 spiro atoms. The molecular formula is C16H15N5O. The zero-order valence-corrected chi connectivity index (χ0v) is 12.1.